The van der Waals surface area contributed by atoms with E-state index < -0.39 is 6.04 Å². The Labute approximate surface area is 113 Å². The van der Waals surface area contributed by atoms with Gasteiger partial charge in [0, 0.05) is 11.4 Å². The highest BCUT2D eigenvalue weighted by Gasteiger charge is 2.14. The van der Waals surface area contributed by atoms with Crippen molar-refractivity contribution in [1.82, 2.24) is 10.6 Å². The molecule has 1 atom stereocenters. The van der Waals surface area contributed by atoms with Crippen molar-refractivity contribution in [3.8, 4) is 0 Å². The average molecular weight is 266 g/mol. The number of likely N-dealkylation sites (N-methyl/N-ethyl adjacent to an activating group) is 1. The molecule has 1 rings (SSSR count). The lowest BCUT2D eigenvalue weighted by atomic mass is 10.1. The van der Waals surface area contributed by atoms with Gasteiger partial charge in [-0.3, -0.25) is 9.59 Å². The zero-order valence-corrected chi connectivity index (χ0v) is 11.5. The normalized spacial score (nSPS) is 11.7. The van der Waals surface area contributed by atoms with Gasteiger partial charge in [0.05, 0.1) is 6.42 Å². The van der Waals surface area contributed by atoms with Crippen LogP contribution < -0.4 is 10.6 Å². The van der Waals surface area contributed by atoms with Gasteiger partial charge in [-0.2, -0.15) is 0 Å². The van der Waals surface area contributed by atoms with Gasteiger partial charge in [0.2, 0.25) is 11.8 Å². The van der Waals surface area contributed by atoms with E-state index in [9.17, 15) is 9.59 Å². The third-order valence-electron chi connectivity index (χ3n) is 2.42. The van der Waals surface area contributed by atoms with Crippen molar-refractivity contribution < 1.29 is 9.59 Å². The summed E-state index contributed by atoms with van der Waals surface area (Å²) in [4.78, 5) is 24.0. The first-order valence-electron chi connectivity index (χ1n) is 5.88. The second-order valence-corrected chi connectivity index (χ2v) is 4.54. The molecule has 0 aliphatic carbocycles. The van der Waals surface area contributed by atoms with Crippen LogP contribution in [0.25, 0.3) is 0 Å². The number of carbonyl (C=O) groups excluding carboxylic acids is 2. The lowest BCUT2D eigenvalue weighted by molar-refractivity contribution is -0.128. The van der Waals surface area contributed by atoms with Crippen LogP contribution in [0.1, 0.15) is 19.4 Å². The van der Waals surface area contributed by atoms with Crippen molar-refractivity contribution in [1.29, 1.82) is 0 Å². The maximum absolute atomic E-state index is 11.7. The van der Waals surface area contributed by atoms with E-state index in [2.05, 4.69) is 23.3 Å². The summed E-state index contributed by atoms with van der Waals surface area (Å²) in [5.74, 6) is -0.336. The molecule has 2 N–H and O–H groups in total. The molecule has 1 aromatic rings. The van der Waals surface area contributed by atoms with Crippen LogP contribution in [0.2, 0.25) is 0 Å². The standard InChI is InChI=1S/C13H18N2O2S/c1-3-14-13(17)9(2)15-12(16)8-10-4-6-11(18)7-5-10/h4-7,9,18H,3,8H2,1-2H3,(H,14,17)(H,15,16). The van der Waals surface area contributed by atoms with Crippen molar-refractivity contribution in [2.45, 2.75) is 31.2 Å². The van der Waals surface area contributed by atoms with Crippen molar-refractivity contribution >= 4 is 24.4 Å². The Morgan fingerprint density at radius 2 is 1.89 bits per heavy atom. The lowest BCUT2D eigenvalue weighted by Gasteiger charge is -2.13. The first kappa shape index (κ1) is 14.6. The zero-order valence-electron chi connectivity index (χ0n) is 10.6. The summed E-state index contributed by atoms with van der Waals surface area (Å²) in [6.45, 7) is 4.06. The summed E-state index contributed by atoms with van der Waals surface area (Å²) < 4.78 is 0. The van der Waals surface area contributed by atoms with Crippen LogP contribution in [0.15, 0.2) is 29.2 Å². The number of carbonyl (C=O) groups is 2. The molecular formula is C13H18N2O2S. The summed E-state index contributed by atoms with van der Waals surface area (Å²) in [7, 11) is 0. The molecule has 1 aromatic carbocycles. The second kappa shape index (κ2) is 7.06. The van der Waals surface area contributed by atoms with E-state index >= 15 is 0 Å². The highest BCUT2D eigenvalue weighted by molar-refractivity contribution is 7.80. The summed E-state index contributed by atoms with van der Waals surface area (Å²) in [6.07, 6.45) is 0.262. The van der Waals surface area contributed by atoms with Gasteiger partial charge >= 0.3 is 0 Å². The first-order chi connectivity index (χ1) is 8.52. The van der Waals surface area contributed by atoms with Crippen molar-refractivity contribution in [3.63, 3.8) is 0 Å². The minimum atomic E-state index is -0.512. The van der Waals surface area contributed by atoms with Crippen molar-refractivity contribution in [2.75, 3.05) is 6.54 Å². The molecule has 5 heteroatoms. The highest BCUT2D eigenvalue weighted by atomic mass is 32.1. The molecule has 2 amide bonds. The SMILES string of the molecule is CCNC(=O)C(C)NC(=O)Cc1ccc(S)cc1. The van der Waals surface area contributed by atoms with E-state index in [0.717, 1.165) is 10.5 Å². The number of nitrogens with one attached hydrogen (secondary N) is 2. The van der Waals surface area contributed by atoms with E-state index in [1.807, 2.05) is 31.2 Å². The molecule has 98 valence electrons. The first-order valence-corrected chi connectivity index (χ1v) is 6.32. The molecule has 0 bridgehead atoms. The molecule has 0 aliphatic heterocycles. The Kier molecular flexibility index (Phi) is 5.71. The second-order valence-electron chi connectivity index (χ2n) is 4.03. The van der Waals surface area contributed by atoms with Crippen molar-refractivity contribution in [2.24, 2.45) is 0 Å². The fourth-order valence-electron chi connectivity index (χ4n) is 1.48. The molecule has 4 nitrogen and oxygen atoms in total. The molecule has 18 heavy (non-hydrogen) atoms. The number of amides is 2. The van der Waals surface area contributed by atoms with Gasteiger partial charge in [-0.25, -0.2) is 0 Å². The van der Waals surface area contributed by atoms with E-state index in [1.54, 1.807) is 6.92 Å². The van der Waals surface area contributed by atoms with Crippen LogP contribution in [0.3, 0.4) is 0 Å². The van der Waals surface area contributed by atoms with Gasteiger partial charge in [-0.1, -0.05) is 12.1 Å². The van der Waals surface area contributed by atoms with Crippen molar-refractivity contribution in [3.05, 3.63) is 29.8 Å². The number of rotatable bonds is 5. The monoisotopic (exact) mass is 266 g/mol. The molecule has 0 heterocycles. The van der Waals surface area contributed by atoms with Crippen LogP contribution in [0.4, 0.5) is 0 Å². The zero-order chi connectivity index (χ0) is 13.5. The maximum atomic E-state index is 11.7. The summed E-state index contributed by atoms with van der Waals surface area (Å²) in [6, 6.07) is 6.84. The van der Waals surface area contributed by atoms with Crippen LogP contribution in [0, 0.1) is 0 Å². The highest BCUT2D eigenvalue weighted by Crippen LogP contribution is 2.08. The Morgan fingerprint density at radius 1 is 1.28 bits per heavy atom. The quantitative estimate of drug-likeness (QED) is 0.700. The molecule has 0 spiro atoms. The fraction of sp³-hybridized carbons (Fsp3) is 0.385. The van der Waals surface area contributed by atoms with Crippen LogP contribution in [-0.4, -0.2) is 24.4 Å². The third kappa shape index (κ3) is 4.79. The van der Waals surface area contributed by atoms with Gasteiger partial charge in [0.25, 0.3) is 0 Å². The maximum Gasteiger partial charge on any atom is 0.242 e. The van der Waals surface area contributed by atoms with E-state index in [-0.39, 0.29) is 18.2 Å². The molecular weight excluding hydrogens is 248 g/mol. The third-order valence-corrected chi connectivity index (χ3v) is 2.72. The Bertz CT molecular complexity index is 418. The topological polar surface area (TPSA) is 58.2 Å². The smallest absolute Gasteiger partial charge is 0.242 e. The Hall–Kier alpha value is -1.49. The molecule has 0 fully saturated rings. The van der Waals surface area contributed by atoms with Gasteiger partial charge < -0.3 is 10.6 Å². The summed E-state index contributed by atoms with van der Waals surface area (Å²) in [5.41, 5.74) is 0.897. The average Bonchev–Trinajstić information content (AvgIpc) is 2.32. The minimum absolute atomic E-state index is 0.166. The van der Waals surface area contributed by atoms with E-state index in [1.165, 1.54) is 0 Å². The molecule has 0 aliphatic rings. The van der Waals surface area contributed by atoms with Gasteiger partial charge in [0.15, 0.2) is 0 Å². The largest absolute Gasteiger partial charge is 0.355 e. The van der Waals surface area contributed by atoms with Crippen LogP contribution in [-0.2, 0) is 16.0 Å². The predicted molar refractivity (Wildman–Crippen MR) is 73.7 cm³/mol. The van der Waals surface area contributed by atoms with Crippen LogP contribution in [0.5, 0.6) is 0 Å². The lowest BCUT2D eigenvalue weighted by Crippen LogP contribution is -2.45. The Morgan fingerprint density at radius 3 is 2.44 bits per heavy atom. The summed E-state index contributed by atoms with van der Waals surface area (Å²) in [5, 5.41) is 5.32. The van der Waals surface area contributed by atoms with E-state index in [0.29, 0.717) is 6.54 Å². The molecule has 0 saturated heterocycles. The minimum Gasteiger partial charge on any atom is -0.355 e. The van der Waals surface area contributed by atoms with Gasteiger partial charge in [-0.05, 0) is 31.5 Å². The molecule has 0 aromatic heterocycles. The number of hydrogen-bond donors (Lipinski definition) is 3. The predicted octanol–water partition coefficient (Wildman–Crippen LogP) is 1.16. The van der Waals surface area contributed by atoms with E-state index in [4.69, 9.17) is 0 Å². The fourth-order valence-corrected chi connectivity index (χ4v) is 1.63. The van der Waals surface area contributed by atoms with Crippen LogP contribution >= 0.6 is 12.6 Å². The summed E-state index contributed by atoms with van der Waals surface area (Å²) >= 11 is 4.17. The number of benzene rings is 1. The van der Waals surface area contributed by atoms with Gasteiger partial charge in [0.1, 0.15) is 6.04 Å². The number of thiol groups is 1. The molecule has 0 saturated carbocycles. The van der Waals surface area contributed by atoms with Gasteiger partial charge in [-0.15, -0.1) is 12.6 Å². The molecule has 0 radical (unpaired) electrons. The number of hydrogen-bond acceptors (Lipinski definition) is 3. The molecule has 1 unspecified atom stereocenters. The Balaban J connectivity index is 2.46.